The molecule has 0 fully saturated rings. The van der Waals surface area contributed by atoms with Crippen molar-refractivity contribution in [3.63, 3.8) is 0 Å². The molecule has 0 aliphatic heterocycles. The Bertz CT molecular complexity index is 1100. The van der Waals surface area contributed by atoms with Crippen molar-refractivity contribution in [1.82, 2.24) is 10.2 Å². The molecule has 3 atom stereocenters. The van der Waals surface area contributed by atoms with Crippen LogP contribution in [-0.4, -0.2) is 59.6 Å². The van der Waals surface area contributed by atoms with Crippen LogP contribution >= 0.6 is 11.8 Å². The lowest BCUT2D eigenvalue weighted by atomic mass is 9.98. The summed E-state index contributed by atoms with van der Waals surface area (Å²) in [7, 11) is 1.58. The summed E-state index contributed by atoms with van der Waals surface area (Å²) in [5.74, 6) is 0.646. The molecular weight excluding hydrogens is 526 g/mol. The van der Waals surface area contributed by atoms with Crippen molar-refractivity contribution in [3.8, 4) is 5.75 Å². The number of benzene rings is 2. The van der Waals surface area contributed by atoms with Gasteiger partial charge in [-0.25, -0.2) is 4.79 Å². The lowest BCUT2D eigenvalue weighted by Crippen LogP contribution is -2.55. The summed E-state index contributed by atoms with van der Waals surface area (Å²) in [6.07, 6.45) is 3.15. The molecule has 0 aliphatic rings. The molecule has 2 rings (SSSR count). The van der Waals surface area contributed by atoms with Gasteiger partial charge in [0.05, 0.1) is 7.11 Å². The number of alkyl carbamates (subject to hydrolysis) is 1. The minimum atomic E-state index is -0.923. The monoisotopic (exact) mass is 571 g/mol. The van der Waals surface area contributed by atoms with E-state index in [1.54, 1.807) is 68.8 Å². The second-order valence-electron chi connectivity index (χ2n) is 10.7. The van der Waals surface area contributed by atoms with Crippen LogP contribution in [0.1, 0.15) is 71.6 Å². The number of carbonyl (C=O) groups excluding carboxylic acids is 3. The molecule has 2 aromatic rings. The Morgan fingerprint density at radius 2 is 1.62 bits per heavy atom. The zero-order valence-electron chi connectivity index (χ0n) is 25.1. The van der Waals surface area contributed by atoms with Gasteiger partial charge in [0.2, 0.25) is 5.91 Å². The number of hydrogen-bond acceptors (Lipinski definition) is 6. The van der Waals surface area contributed by atoms with E-state index in [9.17, 15) is 14.4 Å². The van der Waals surface area contributed by atoms with E-state index in [1.807, 2.05) is 44.4 Å². The summed E-state index contributed by atoms with van der Waals surface area (Å²) < 4.78 is 10.7. The fraction of sp³-hybridized carbons (Fsp3) is 0.516. The number of amides is 3. The molecule has 0 radical (unpaired) electrons. The van der Waals surface area contributed by atoms with Gasteiger partial charge in [-0.15, -0.1) is 0 Å². The van der Waals surface area contributed by atoms with Crippen LogP contribution in [0, 0.1) is 0 Å². The summed E-state index contributed by atoms with van der Waals surface area (Å²) >= 11 is 1.58. The van der Waals surface area contributed by atoms with E-state index in [2.05, 4.69) is 17.6 Å². The number of nitrogens with one attached hydrogen (secondary N) is 2. The Balaban J connectivity index is 2.54. The van der Waals surface area contributed by atoms with Crippen molar-refractivity contribution >= 4 is 35.4 Å². The van der Waals surface area contributed by atoms with E-state index >= 15 is 0 Å². The SMILES string of the molecule is CCc1ccc(C(C(=O)Nc2ccc(OC)cc2)N(C(=O)C(CCSC)NC(=O)OC(C)(C)C)C(C)CC)cc1. The molecule has 2 aromatic carbocycles. The average molecular weight is 572 g/mol. The van der Waals surface area contributed by atoms with Crippen LogP contribution in [0.4, 0.5) is 10.5 Å². The van der Waals surface area contributed by atoms with Gasteiger partial charge in [-0.05, 0) is 94.4 Å². The molecule has 3 unspecified atom stereocenters. The van der Waals surface area contributed by atoms with Crippen LogP contribution in [0.2, 0.25) is 0 Å². The van der Waals surface area contributed by atoms with Crippen molar-refractivity contribution in [3.05, 3.63) is 59.7 Å². The first-order valence-corrected chi connectivity index (χ1v) is 15.2. The van der Waals surface area contributed by atoms with Crippen LogP contribution in [0.3, 0.4) is 0 Å². The molecule has 220 valence electrons. The molecule has 3 amide bonds. The van der Waals surface area contributed by atoms with Crippen molar-refractivity contribution in [1.29, 1.82) is 0 Å². The molecule has 0 aliphatic carbocycles. The Kier molecular flexibility index (Phi) is 12.8. The highest BCUT2D eigenvalue weighted by Crippen LogP contribution is 2.29. The number of thioether (sulfide) groups is 1. The molecule has 40 heavy (non-hydrogen) atoms. The molecule has 8 nitrogen and oxygen atoms in total. The Hall–Kier alpha value is -3.20. The van der Waals surface area contributed by atoms with Gasteiger partial charge in [-0.3, -0.25) is 9.59 Å². The number of ether oxygens (including phenoxy) is 2. The lowest BCUT2D eigenvalue weighted by molar-refractivity contribution is -0.143. The van der Waals surface area contributed by atoms with Gasteiger partial charge in [0.1, 0.15) is 23.4 Å². The second kappa shape index (κ2) is 15.6. The summed E-state index contributed by atoms with van der Waals surface area (Å²) in [5, 5.41) is 5.77. The molecule has 0 saturated heterocycles. The summed E-state index contributed by atoms with van der Waals surface area (Å²) in [5.41, 5.74) is 1.69. The number of hydrogen-bond donors (Lipinski definition) is 2. The number of nitrogens with zero attached hydrogens (tertiary/aromatic N) is 1. The van der Waals surface area contributed by atoms with Gasteiger partial charge in [0.15, 0.2) is 0 Å². The predicted molar refractivity (Wildman–Crippen MR) is 163 cm³/mol. The quantitative estimate of drug-likeness (QED) is 0.297. The van der Waals surface area contributed by atoms with Crippen molar-refractivity contribution in [2.24, 2.45) is 0 Å². The molecule has 9 heteroatoms. The lowest BCUT2D eigenvalue weighted by Gasteiger charge is -2.38. The van der Waals surface area contributed by atoms with Gasteiger partial charge < -0.3 is 25.0 Å². The highest BCUT2D eigenvalue weighted by atomic mass is 32.2. The maximum atomic E-state index is 14.3. The second-order valence-corrected chi connectivity index (χ2v) is 11.7. The standard InChI is InChI=1S/C31H45N3O5S/c1-9-21(3)34(29(36)26(19-20-40-8)33-30(37)39-31(4,5)6)27(23-13-11-22(10-2)12-14-23)28(35)32-24-15-17-25(38-7)18-16-24/h11-18,21,26-27H,9-10,19-20H2,1-8H3,(H,32,35)(H,33,37). The first-order chi connectivity index (χ1) is 18.9. The van der Waals surface area contributed by atoms with E-state index in [1.165, 1.54) is 0 Å². The molecule has 0 saturated carbocycles. The average Bonchev–Trinajstić information content (AvgIpc) is 2.92. The van der Waals surface area contributed by atoms with E-state index in [0.29, 0.717) is 35.6 Å². The van der Waals surface area contributed by atoms with Crippen LogP contribution < -0.4 is 15.4 Å². The first-order valence-electron chi connectivity index (χ1n) is 13.8. The zero-order chi connectivity index (χ0) is 29.9. The zero-order valence-corrected chi connectivity index (χ0v) is 25.9. The highest BCUT2D eigenvalue weighted by Gasteiger charge is 2.38. The first kappa shape index (κ1) is 33.0. The largest absolute Gasteiger partial charge is 0.497 e. The van der Waals surface area contributed by atoms with Crippen LogP contribution in [0.15, 0.2) is 48.5 Å². The Labute approximate surface area is 243 Å². The third-order valence-electron chi connectivity index (χ3n) is 6.51. The fourth-order valence-electron chi connectivity index (χ4n) is 4.18. The third-order valence-corrected chi connectivity index (χ3v) is 7.15. The molecule has 0 bridgehead atoms. The summed E-state index contributed by atoms with van der Waals surface area (Å²) in [6, 6.07) is 12.7. The van der Waals surface area contributed by atoms with Gasteiger partial charge >= 0.3 is 6.09 Å². The molecule has 0 spiro atoms. The summed E-state index contributed by atoms with van der Waals surface area (Å²) in [6.45, 7) is 11.3. The molecule has 2 N–H and O–H groups in total. The molecular formula is C31H45N3O5S. The number of aryl methyl sites for hydroxylation is 1. The van der Waals surface area contributed by atoms with Crippen LogP contribution in [0.5, 0.6) is 5.75 Å². The van der Waals surface area contributed by atoms with Crippen molar-refractivity contribution < 1.29 is 23.9 Å². The predicted octanol–water partition coefficient (Wildman–Crippen LogP) is 6.21. The maximum absolute atomic E-state index is 14.3. The summed E-state index contributed by atoms with van der Waals surface area (Å²) in [4.78, 5) is 42.6. The number of methoxy groups -OCH3 is 1. The maximum Gasteiger partial charge on any atom is 0.408 e. The van der Waals surface area contributed by atoms with Crippen LogP contribution in [0.25, 0.3) is 0 Å². The minimum Gasteiger partial charge on any atom is -0.497 e. The normalized spacial score (nSPS) is 13.5. The van der Waals surface area contributed by atoms with Crippen LogP contribution in [-0.2, 0) is 20.7 Å². The molecule has 0 aromatic heterocycles. The van der Waals surface area contributed by atoms with Gasteiger partial charge in [-0.1, -0.05) is 38.1 Å². The van der Waals surface area contributed by atoms with E-state index < -0.39 is 23.8 Å². The van der Waals surface area contributed by atoms with E-state index in [4.69, 9.17) is 9.47 Å². The Morgan fingerprint density at radius 1 is 1.00 bits per heavy atom. The smallest absolute Gasteiger partial charge is 0.408 e. The van der Waals surface area contributed by atoms with Gasteiger partial charge in [0, 0.05) is 11.7 Å². The minimum absolute atomic E-state index is 0.290. The van der Waals surface area contributed by atoms with E-state index in [0.717, 1.165) is 12.0 Å². The van der Waals surface area contributed by atoms with Gasteiger partial charge in [0.25, 0.3) is 5.91 Å². The number of anilines is 1. The topological polar surface area (TPSA) is 97.0 Å². The Morgan fingerprint density at radius 3 is 2.12 bits per heavy atom. The highest BCUT2D eigenvalue weighted by molar-refractivity contribution is 7.98. The molecule has 0 heterocycles. The van der Waals surface area contributed by atoms with Crippen molar-refractivity contribution in [2.45, 2.75) is 84.5 Å². The number of carbonyl (C=O) groups is 3. The van der Waals surface area contributed by atoms with Gasteiger partial charge in [-0.2, -0.15) is 11.8 Å². The third kappa shape index (κ3) is 9.77. The van der Waals surface area contributed by atoms with E-state index in [-0.39, 0.29) is 17.9 Å². The van der Waals surface area contributed by atoms with Crippen molar-refractivity contribution in [2.75, 3.05) is 24.4 Å². The number of rotatable bonds is 13. The fourth-order valence-corrected chi connectivity index (χ4v) is 4.65.